The molecule has 0 heterocycles. The molecule has 0 saturated carbocycles. The predicted octanol–water partition coefficient (Wildman–Crippen LogP) is 3.50. The normalized spacial score (nSPS) is 11.4. The molecule has 0 aromatic heterocycles. The summed E-state index contributed by atoms with van der Waals surface area (Å²) in [4.78, 5) is 24.7. The first-order chi connectivity index (χ1) is 12.3. The van der Waals surface area contributed by atoms with Gasteiger partial charge in [0.2, 0.25) is 0 Å². The molecule has 0 aliphatic rings. The number of carbonyl (C=O) groups excluding carboxylic acids is 2. The van der Waals surface area contributed by atoms with Gasteiger partial charge in [0, 0.05) is 11.8 Å². The minimum Gasteiger partial charge on any atom is -0.497 e. The highest BCUT2D eigenvalue weighted by Crippen LogP contribution is 2.23. The zero-order valence-corrected chi connectivity index (χ0v) is 15.6. The number of rotatable bonds is 6. The van der Waals surface area contributed by atoms with E-state index in [1.54, 1.807) is 6.07 Å². The molecule has 1 amide bonds. The van der Waals surface area contributed by atoms with Crippen LogP contribution in [0.25, 0.3) is 0 Å². The highest BCUT2D eigenvalue weighted by Gasteiger charge is 2.20. The molecule has 1 atom stereocenters. The third-order valence-electron chi connectivity index (χ3n) is 3.88. The summed E-state index contributed by atoms with van der Waals surface area (Å²) in [6.45, 7) is 5.40. The van der Waals surface area contributed by atoms with Crippen molar-refractivity contribution in [3.8, 4) is 11.5 Å². The zero-order chi connectivity index (χ0) is 19.3. The summed E-state index contributed by atoms with van der Waals surface area (Å²) < 4.78 is 15.5. The van der Waals surface area contributed by atoms with Crippen LogP contribution >= 0.6 is 0 Å². The SMILES string of the molecule is COc1cc(OC)cc(C(=O)O[C@H](C)C(=O)Nc2ccc(C)cc2C)c1. The van der Waals surface area contributed by atoms with Crippen LogP contribution in [-0.4, -0.2) is 32.2 Å². The third kappa shape index (κ3) is 4.75. The van der Waals surface area contributed by atoms with Gasteiger partial charge in [-0.3, -0.25) is 4.79 Å². The maximum atomic E-state index is 12.3. The Hall–Kier alpha value is -3.02. The van der Waals surface area contributed by atoms with Gasteiger partial charge in [-0.2, -0.15) is 0 Å². The number of amides is 1. The van der Waals surface area contributed by atoms with Crippen molar-refractivity contribution in [3.63, 3.8) is 0 Å². The lowest BCUT2D eigenvalue weighted by molar-refractivity contribution is -0.123. The molecule has 0 radical (unpaired) electrons. The maximum Gasteiger partial charge on any atom is 0.339 e. The Balaban J connectivity index is 2.07. The van der Waals surface area contributed by atoms with Gasteiger partial charge in [0.25, 0.3) is 5.91 Å². The van der Waals surface area contributed by atoms with Crippen molar-refractivity contribution < 1.29 is 23.8 Å². The van der Waals surface area contributed by atoms with E-state index in [1.807, 2.05) is 32.0 Å². The van der Waals surface area contributed by atoms with Crippen LogP contribution in [0.1, 0.15) is 28.4 Å². The first-order valence-corrected chi connectivity index (χ1v) is 8.16. The van der Waals surface area contributed by atoms with Crippen LogP contribution in [0.15, 0.2) is 36.4 Å². The van der Waals surface area contributed by atoms with E-state index < -0.39 is 18.0 Å². The molecule has 0 fully saturated rings. The Morgan fingerprint density at radius 1 is 0.962 bits per heavy atom. The third-order valence-corrected chi connectivity index (χ3v) is 3.88. The predicted molar refractivity (Wildman–Crippen MR) is 99.0 cm³/mol. The lowest BCUT2D eigenvalue weighted by atomic mass is 10.1. The van der Waals surface area contributed by atoms with Crippen molar-refractivity contribution in [1.82, 2.24) is 0 Å². The molecule has 0 unspecified atom stereocenters. The van der Waals surface area contributed by atoms with E-state index >= 15 is 0 Å². The monoisotopic (exact) mass is 357 g/mol. The molecule has 2 rings (SSSR count). The molecule has 0 spiro atoms. The summed E-state index contributed by atoms with van der Waals surface area (Å²) in [6.07, 6.45) is -0.958. The summed E-state index contributed by atoms with van der Waals surface area (Å²) in [5.74, 6) is -0.113. The molecule has 0 bridgehead atoms. The number of hydrogen-bond donors (Lipinski definition) is 1. The van der Waals surface area contributed by atoms with Gasteiger partial charge in [0.15, 0.2) is 6.10 Å². The Morgan fingerprint density at radius 2 is 1.58 bits per heavy atom. The Morgan fingerprint density at radius 3 is 2.12 bits per heavy atom. The number of esters is 1. The number of methoxy groups -OCH3 is 2. The molecule has 2 aromatic rings. The number of aryl methyl sites for hydroxylation is 2. The van der Waals surface area contributed by atoms with E-state index in [4.69, 9.17) is 14.2 Å². The van der Waals surface area contributed by atoms with Gasteiger partial charge >= 0.3 is 5.97 Å². The fourth-order valence-electron chi connectivity index (χ4n) is 2.40. The summed E-state index contributed by atoms with van der Waals surface area (Å²) in [5, 5.41) is 2.77. The molecular formula is C20H23NO5. The second-order valence-electron chi connectivity index (χ2n) is 5.96. The van der Waals surface area contributed by atoms with E-state index in [9.17, 15) is 9.59 Å². The minimum absolute atomic E-state index is 0.243. The van der Waals surface area contributed by atoms with Crippen LogP contribution in [0.2, 0.25) is 0 Å². The minimum atomic E-state index is -0.958. The van der Waals surface area contributed by atoms with Crippen LogP contribution in [0.3, 0.4) is 0 Å². The summed E-state index contributed by atoms with van der Waals surface area (Å²) >= 11 is 0. The second kappa shape index (κ2) is 8.38. The Bertz CT molecular complexity index is 794. The second-order valence-corrected chi connectivity index (χ2v) is 5.96. The topological polar surface area (TPSA) is 73.9 Å². The highest BCUT2D eigenvalue weighted by molar-refractivity contribution is 5.98. The van der Waals surface area contributed by atoms with Crippen molar-refractivity contribution >= 4 is 17.6 Å². The summed E-state index contributed by atoms with van der Waals surface area (Å²) in [6, 6.07) is 10.4. The van der Waals surface area contributed by atoms with Gasteiger partial charge in [-0.15, -0.1) is 0 Å². The largest absolute Gasteiger partial charge is 0.497 e. The number of carbonyl (C=O) groups is 2. The first kappa shape index (κ1) is 19.3. The van der Waals surface area contributed by atoms with E-state index in [2.05, 4.69) is 5.32 Å². The summed E-state index contributed by atoms with van der Waals surface area (Å²) in [5.41, 5.74) is 2.97. The van der Waals surface area contributed by atoms with Crippen LogP contribution in [-0.2, 0) is 9.53 Å². The average Bonchev–Trinajstić information content (AvgIpc) is 2.63. The number of nitrogens with one attached hydrogen (secondary N) is 1. The van der Waals surface area contributed by atoms with Crippen molar-refractivity contribution in [2.24, 2.45) is 0 Å². The molecule has 6 nitrogen and oxygen atoms in total. The molecule has 2 aromatic carbocycles. The van der Waals surface area contributed by atoms with Gasteiger partial charge in [-0.05, 0) is 44.5 Å². The fourth-order valence-corrected chi connectivity index (χ4v) is 2.40. The fraction of sp³-hybridized carbons (Fsp3) is 0.300. The molecule has 1 N–H and O–H groups in total. The van der Waals surface area contributed by atoms with Crippen molar-refractivity contribution in [3.05, 3.63) is 53.1 Å². The van der Waals surface area contributed by atoms with Gasteiger partial charge in [-0.25, -0.2) is 4.79 Å². The van der Waals surface area contributed by atoms with Crippen LogP contribution in [0.5, 0.6) is 11.5 Å². The molecule has 0 saturated heterocycles. The maximum absolute atomic E-state index is 12.3. The van der Waals surface area contributed by atoms with E-state index in [-0.39, 0.29) is 5.56 Å². The molecule has 138 valence electrons. The quantitative estimate of drug-likeness (QED) is 0.801. The van der Waals surface area contributed by atoms with Gasteiger partial charge in [0.05, 0.1) is 19.8 Å². The number of ether oxygens (including phenoxy) is 3. The lowest BCUT2D eigenvalue weighted by Crippen LogP contribution is -2.30. The summed E-state index contributed by atoms with van der Waals surface area (Å²) in [7, 11) is 2.98. The smallest absolute Gasteiger partial charge is 0.339 e. The number of anilines is 1. The van der Waals surface area contributed by atoms with Gasteiger partial charge in [-0.1, -0.05) is 17.7 Å². The van der Waals surface area contributed by atoms with Crippen LogP contribution < -0.4 is 14.8 Å². The van der Waals surface area contributed by atoms with E-state index in [0.29, 0.717) is 17.2 Å². The molecule has 0 aliphatic carbocycles. The Kier molecular flexibility index (Phi) is 6.22. The van der Waals surface area contributed by atoms with Gasteiger partial charge < -0.3 is 19.5 Å². The van der Waals surface area contributed by atoms with Crippen LogP contribution in [0, 0.1) is 13.8 Å². The molecule has 6 heteroatoms. The number of hydrogen-bond acceptors (Lipinski definition) is 5. The van der Waals surface area contributed by atoms with Gasteiger partial charge in [0.1, 0.15) is 11.5 Å². The van der Waals surface area contributed by atoms with E-state index in [0.717, 1.165) is 11.1 Å². The lowest BCUT2D eigenvalue weighted by Gasteiger charge is -2.15. The highest BCUT2D eigenvalue weighted by atomic mass is 16.5. The first-order valence-electron chi connectivity index (χ1n) is 8.16. The average molecular weight is 357 g/mol. The Labute approximate surface area is 153 Å². The van der Waals surface area contributed by atoms with E-state index in [1.165, 1.54) is 33.3 Å². The number of benzene rings is 2. The molecule has 26 heavy (non-hydrogen) atoms. The standard InChI is InChI=1S/C20H23NO5/c1-12-6-7-18(13(2)8-12)21-19(22)14(3)26-20(23)15-9-16(24-4)11-17(10-15)25-5/h6-11,14H,1-5H3,(H,21,22)/t14-/m1/s1. The van der Waals surface area contributed by atoms with Crippen molar-refractivity contribution in [2.75, 3.05) is 19.5 Å². The molecular weight excluding hydrogens is 334 g/mol. The van der Waals surface area contributed by atoms with Crippen molar-refractivity contribution in [2.45, 2.75) is 26.9 Å². The van der Waals surface area contributed by atoms with Crippen LogP contribution in [0.4, 0.5) is 5.69 Å². The van der Waals surface area contributed by atoms with Crippen molar-refractivity contribution in [1.29, 1.82) is 0 Å². The molecule has 0 aliphatic heterocycles. The zero-order valence-electron chi connectivity index (χ0n) is 15.6.